The molecule has 2 aromatic heterocycles. The predicted molar refractivity (Wildman–Crippen MR) is 148 cm³/mol. The fourth-order valence-electron chi connectivity index (χ4n) is 4.65. The Morgan fingerprint density at radius 3 is 2.61 bits per heavy atom. The molecule has 0 bridgehead atoms. The Balaban J connectivity index is 1.67. The molecule has 1 aromatic carbocycles. The Morgan fingerprint density at radius 1 is 1.24 bits per heavy atom. The van der Waals surface area contributed by atoms with Crippen LogP contribution in [0.2, 0.25) is 0 Å². The lowest BCUT2D eigenvalue weighted by atomic mass is 10.0. The van der Waals surface area contributed by atoms with Gasteiger partial charge in [-0.2, -0.15) is 8.78 Å². The lowest BCUT2D eigenvalue weighted by molar-refractivity contribution is -0.0621. The minimum absolute atomic E-state index is 0.0310. The van der Waals surface area contributed by atoms with Crippen LogP contribution in [0.3, 0.4) is 0 Å². The van der Waals surface area contributed by atoms with Crippen molar-refractivity contribution in [1.29, 1.82) is 5.41 Å². The van der Waals surface area contributed by atoms with Gasteiger partial charge >= 0.3 is 24.7 Å². The van der Waals surface area contributed by atoms with Gasteiger partial charge in [-0.3, -0.25) is 25.0 Å². The summed E-state index contributed by atoms with van der Waals surface area (Å²) >= 11 is 0. The molecule has 12 nitrogen and oxygen atoms in total. The minimum Gasteiger partial charge on any atom is -0.402 e. The van der Waals surface area contributed by atoms with Crippen molar-refractivity contribution in [2.75, 3.05) is 28.3 Å². The number of nitrogens with zero attached hydrogens (tertiary/aromatic N) is 5. The summed E-state index contributed by atoms with van der Waals surface area (Å²) in [6.45, 7) is 0.844. The van der Waals surface area contributed by atoms with Gasteiger partial charge in [0.05, 0.1) is 23.6 Å². The number of ether oxygens (including phenoxy) is 1. The summed E-state index contributed by atoms with van der Waals surface area (Å²) in [5, 5.41) is 10.0. The molecule has 4 N–H and O–H groups in total. The number of benzene rings is 1. The maximum atomic E-state index is 13.6. The van der Waals surface area contributed by atoms with Gasteiger partial charge in [0, 0.05) is 42.2 Å². The van der Waals surface area contributed by atoms with Crippen molar-refractivity contribution < 1.29 is 27.9 Å². The van der Waals surface area contributed by atoms with E-state index in [0.717, 1.165) is 5.56 Å². The maximum Gasteiger partial charge on any atom is 0.389 e. The van der Waals surface area contributed by atoms with Crippen molar-refractivity contribution >= 4 is 41.2 Å². The number of aromatic nitrogens is 2. The molecule has 14 heteroatoms. The fraction of sp³-hybridized carbons (Fsp3) is 0.259. The summed E-state index contributed by atoms with van der Waals surface area (Å²) in [7, 11) is 1.29. The number of pyridine rings is 2. The largest absolute Gasteiger partial charge is 0.402 e. The van der Waals surface area contributed by atoms with E-state index in [9.17, 15) is 23.2 Å². The van der Waals surface area contributed by atoms with Crippen LogP contribution in [0.1, 0.15) is 29.8 Å². The van der Waals surface area contributed by atoms with Gasteiger partial charge in [0.1, 0.15) is 5.82 Å². The molecule has 214 valence electrons. The highest BCUT2D eigenvalue weighted by Crippen LogP contribution is 2.34. The van der Waals surface area contributed by atoms with E-state index >= 15 is 0 Å². The molecule has 1 aliphatic rings. The summed E-state index contributed by atoms with van der Waals surface area (Å²) in [5.41, 5.74) is 8.15. The molecule has 1 aliphatic heterocycles. The zero-order valence-electron chi connectivity index (χ0n) is 22.5. The van der Waals surface area contributed by atoms with Gasteiger partial charge in [-0.1, -0.05) is 13.0 Å². The molecular weight excluding hydrogens is 538 g/mol. The van der Waals surface area contributed by atoms with Crippen LogP contribution in [-0.2, 0) is 11.2 Å². The van der Waals surface area contributed by atoms with Crippen molar-refractivity contribution in [3.63, 3.8) is 0 Å². The van der Waals surface area contributed by atoms with Crippen molar-refractivity contribution in [2.24, 2.45) is 5.73 Å². The lowest BCUT2D eigenvalue weighted by Gasteiger charge is -2.23. The van der Waals surface area contributed by atoms with Crippen molar-refractivity contribution in [2.45, 2.75) is 32.9 Å². The van der Waals surface area contributed by atoms with Crippen LogP contribution in [0, 0.1) is 5.41 Å². The Labute approximate surface area is 234 Å². The van der Waals surface area contributed by atoms with E-state index in [-0.39, 0.29) is 23.3 Å². The highest BCUT2D eigenvalue weighted by Gasteiger charge is 2.38. The van der Waals surface area contributed by atoms with E-state index in [1.807, 2.05) is 13.8 Å². The summed E-state index contributed by atoms with van der Waals surface area (Å²) in [4.78, 5) is 50.2. The number of amidine groups is 1. The number of primary amides is 1. The summed E-state index contributed by atoms with van der Waals surface area (Å²) in [6, 6.07) is 8.80. The molecule has 1 fully saturated rings. The summed E-state index contributed by atoms with van der Waals surface area (Å²) < 4.78 is 29.5. The Kier molecular flexibility index (Phi) is 8.40. The van der Waals surface area contributed by atoms with Crippen molar-refractivity contribution in [1.82, 2.24) is 15.3 Å². The number of carbonyl (C=O) groups excluding carboxylic acids is 3. The lowest BCUT2D eigenvalue weighted by Crippen LogP contribution is -2.44. The molecule has 1 atom stereocenters. The number of nitrogens with one attached hydrogen (secondary N) is 2. The fourth-order valence-corrected chi connectivity index (χ4v) is 4.65. The van der Waals surface area contributed by atoms with Crippen LogP contribution in [0.15, 0.2) is 54.9 Å². The smallest absolute Gasteiger partial charge is 0.389 e. The van der Waals surface area contributed by atoms with Gasteiger partial charge in [0.25, 0.3) is 0 Å². The quantitative estimate of drug-likeness (QED) is 0.290. The molecule has 0 saturated carbocycles. The molecule has 1 saturated heterocycles. The van der Waals surface area contributed by atoms with Gasteiger partial charge < -0.3 is 15.8 Å². The summed E-state index contributed by atoms with van der Waals surface area (Å²) in [6.07, 6.45) is 3.30. The molecule has 3 heterocycles. The van der Waals surface area contributed by atoms with Gasteiger partial charge in [-0.25, -0.2) is 19.5 Å². The molecular formula is C27H28F2N8O4. The van der Waals surface area contributed by atoms with E-state index in [4.69, 9.17) is 11.1 Å². The Hall–Kier alpha value is -5.14. The molecule has 0 aliphatic carbocycles. The first-order valence-corrected chi connectivity index (χ1v) is 12.6. The van der Waals surface area contributed by atoms with Gasteiger partial charge in [-0.05, 0) is 49.7 Å². The summed E-state index contributed by atoms with van der Waals surface area (Å²) in [5.74, 6) is -0.152. The minimum atomic E-state index is -3.29. The van der Waals surface area contributed by atoms with Gasteiger partial charge in [0.15, 0.2) is 0 Å². The first kappa shape index (κ1) is 28.9. The van der Waals surface area contributed by atoms with Crippen LogP contribution in [0.25, 0.3) is 11.3 Å². The average Bonchev–Trinajstić information content (AvgIpc) is 3.25. The van der Waals surface area contributed by atoms with E-state index in [0.29, 0.717) is 40.6 Å². The second-order valence-corrected chi connectivity index (χ2v) is 9.02. The number of alkyl halides is 2. The third-order valence-corrected chi connectivity index (χ3v) is 6.48. The maximum absolute atomic E-state index is 13.6. The second-order valence-electron chi connectivity index (χ2n) is 9.02. The number of urea groups is 2. The monoisotopic (exact) mass is 566 g/mol. The van der Waals surface area contributed by atoms with Crippen LogP contribution in [-0.4, -0.2) is 60.2 Å². The van der Waals surface area contributed by atoms with Gasteiger partial charge in [0.2, 0.25) is 5.91 Å². The molecule has 3 aromatic rings. The number of hydrogen-bond acceptors (Lipinski definition) is 7. The van der Waals surface area contributed by atoms with Crippen LogP contribution >= 0.6 is 0 Å². The number of rotatable bonds is 7. The SMILES string of the molecule is CCc1c(-c2ccc(N(C(=N)OC(F)F)C(=O)NC)cn2)ccnc1N1CC(C)N(c2cccc(C(N)=O)c2)C1=O. The second kappa shape index (κ2) is 11.9. The standard InChI is InChI=1S/C27H28F2N8O4/c1-4-19-20(21-9-8-18(13-34-21)37(26(39)32-3)25(31)41-24(28)29)10-11-33-23(19)35-14-15(2)36(27(35)40)17-7-5-6-16(12-17)22(30)38/h5-13,15,24,31H,4,14H2,1-3H3,(H2,30,38)(H,32,39). The van der Waals surface area contributed by atoms with Gasteiger partial charge in [-0.15, -0.1) is 0 Å². The average molecular weight is 567 g/mol. The predicted octanol–water partition coefficient (Wildman–Crippen LogP) is 3.96. The molecule has 0 radical (unpaired) electrons. The van der Waals surface area contributed by atoms with E-state index in [2.05, 4.69) is 20.0 Å². The number of carbonyl (C=O) groups is 3. The zero-order chi connectivity index (χ0) is 29.8. The number of halogens is 2. The van der Waals surface area contributed by atoms with Crippen LogP contribution < -0.4 is 25.8 Å². The van der Waals surface area contributed by atoms with E-state index in [1.54, 1.807) is 52.4 Å². The molecule has 4 rings (SSSR count). The number of hydrogen-bond donors (Lipinski definition) is 3. The first-order valence-electron chi connectivity index (χ1n) is 12.6. The van der Waals surface area contributed by atoms with Crippen LogP contribution in [0.5, 0.6) is 0 Å². The highest BCUT2D eigenvalue weighted by atomic mass is 19.3. The normalized spacial score (nSPS) is 14.8. The molecule has 1 unspecified atom stereocenters. The van der Waals surface area contributed by atoms with Crippen molar-refractivity contribution in [3.05, 3.63) is 66.0 Å². The molecule has 41 heavy (non-hydrogen) atoms. The highest BCUT2D eigenvalue weighted by molar-refractivity contribution is 6.12. The third-order valence-electron chi connectivity index (χ3n) is 6.48. The Bertz CT molecular complexity index is 1480. The first-order chi connectivity index (χ1) is 19.6. The number of anilines is 3. The van der Waals surface area contributed by atoms with E-state index in [1.165, 1.54) is 19.3 Å². The zero-order valence-corrected chi connectivity index (χ0v) is 22.5. The number of amides is 5. The van der Waals surface area contributed by atoms with Crippen molar-refractivity contribution in [3.8, 4) is 11.3 Å². The molecule has 0 spiro atoms. The third kappa shape index (κ3) is 5.76. The topological polar surface area (TPSA) is 158 Å². The molecule has 5 amide bonds. The van der Waals surface area contributed by atoms with Crippen LogP contribution in [0.4, 0.5) is 35.6 Å². The number of nitrogens with two attached hydrogens (primary N) is 1. The Morgan fingerprint density at radius 2 is 2.00 bits per heavy atom. The van der Waals surface area contributed by atoms with E-state index < -0.39 is 24.6 Å².